The van der Waals surface area contributed by atoms with Crippen LogP contribution in [0.1, 0.15) is 37.3 Å². The van der Waals surface area contributed by atoms with Gasteiger partial charge in [-0.1, -0.05) is 0 Å². The Kier molecular flexibility index (Phi) is 5.12. The van der Waals surface area contributed by atoms with E-state index in [1.807, 2.05) is 26.0 Å². The molecule has 124 valence electrons. The average molecular weight is 329 g/mol. The zero-order valence-corrected chi connectivity index (χ0v) is 13.7. The summed E-state index contributed by atoms with van der Waals surface area (Å²) in [7, 11) is -3.45. The molecule has 2 amide bonds. The Hall–Kier alpha value is -1.54. The number of amides is 2. The van der Waals surface area contributed by atoms with Crippen LogP contribution in [-0.4, -0.2) is 38.2 Å². The monoisotopic (exact) mass is 329 g/mol. The predicted molar refractivity (Wildman–Crippen MR) is 82.7 cm³/mol. The molecule has 1 aliphatic heterocycles. The molecule has 0 radical (unpaired) electrons. The number of urea groups is 1. The summed E-state index contributed by atoms with van der Waals surface area (Å²) < 4.78 is 27.7. The van der Waals surface area contributed by atoms with Crippen molar-refractivity contribution in [3.63, 3.8) is 0 Å². The number of piperidine rings is 1. The summed E-state index contributed by atoms with van der Waals surface area (Å²) in [5, 5.41) is 7.95. The molecule has 0 spiro atoms. The molecule has 1 aliphatic rings. The third-order valence-corrected chi connectivity index (χ3v) is 4.83. The molecule has 7 nitrogen and oxygen atoms in total. The van der Waals surface area contributed by atoms with Gasteiger partial charge in [-0.15, -0.1) is 0 Å². The molecular weight excluding hydrogens is 306 g/mol. The molecular formula is C14H23N3O4S. The van der Waals surface area contributed by atoms with Gasteiger partial charge >= 0.3 is 6.03 Å². The number of nitrogens with zero attached hydrogens (tertiary/aromatic N) is 1. The number of rotatable bonds is 4. The van der Waals surface area contributed by atoms with Gasteiger partial charge in [0.1, 0.15) is 11.5 Å². The van der Waals surface area contributed by atoms with Gasteiger partial charge in [0.25, 0.3) is 0 Å². The van der Waals surface area contributed by atoms with E-state index in [2.05, 4.69) is 5.32 Å². The van der Waals surface area contributed by atoms with Crippen molar-refractivity contribution in [2.24, 2.45) is 11.1 Å². The molecule has 0 saturated carbocycles. The molecule has 2 rings (SSSR count). The highest BCUT2D eigenvalue weighted by Gasteiger charge is 2.26. The molecule has 1 atom stereocenters. The summed E-state index contributed by atoms with van der Waals surface area (Å²) in [6.45, 7) is 4.80. The van der Waals surface area contributed by atoms with Crippen molar-refractivity contribution in [3.8, 4) is 0 Å². The third-order valence-electron chi connectivity index (χ3n) is 3.90. The maximum atomic E-state index is 12.2. The van der Waals surface area contributed by atoms with E-state index in [-0.39, 0.29) is 23.7 Å². The van der Waals surface area contributed by atoms with Crippen LogP contribution in [0.25, 0.3) is 0 Å². The minimum Gasteiger partial charge on any atom is -0.464 e. The minimum atomic E-state index is -3.45. The van der Waals surface area contributed by atoms with Gasteiger partial charge < -0.3 is 14.6 Å². The molecule has 0 bridgehead atoms. The Morgan fingerprint density at radius 1 is 1.45 bits per heavy atom. The van der Waals surface area contributed by atoms with Gasteiger partial charge in [-0.3, -0.25) is 0 Å². The van der Waals surface area contributed by atoms with Gasteiger partial charge in [-0.25, -0.2) is 18.4 Å². The fourth-order valence-electron chi connectivity index (χ4n) is 2.67. The lowest BCUT2D eigenvalue weighted by Gasteiger charge is -2.32. The topological polar surface area (TPSA) is 106 Å². The first-order valence-corrected chi connectivity index (χ1v) is 9.08. The van der Waals surface area contributed by atoms with Gasteiger partial charge in [0.05, 0.1) is 11.8 Å². The number of primary sulfonamides is 1. The summed E-state index contributed by atoms with van der Waals surface area (Å²) in [5.41, 5.74) is 0. The van der Waals surface area contributed by atoms with E-state index >= 15 is 0 Å². The smallest absolute Gasteiger partial charge is 0.317 e. The van der Waals surface area contributed by atoms with E-state index in [4.69, 9.17) is 9.56 Å². The lowest BCUT2D eigenvalue weighted by Crippen LogP contribution is -2.46. The molecule has 22 heavy (non-hydrogen) atoms. The number of furan rings is 1. The van der Waals surface area contributed by atoms with Gasteiger partial charge in [0.2, 0.25) is 10.0 Å². The number of nitrogens with two attached hydrogens (primary N) is 1. The van der Waals surface area contributed by atoms with Crippen LogP contribution >= 0.6 is 0 Å². The number of aryl methyl sites for hydroxylation is 1. The Morgan fingerprint density at radius 2 is 2.09 bits per heavy atom. The van der Waals surface area contributed by atoms with Crippen molar-refractivity contribution in [3.05, 3.63) is 23.7 Å². The highest BCUT2D eigenvalue weighted by Crippen LogP contribution is 2.20. The van der Waals surface area contributed by atoms with Gasteiger partial charge in [0.15, 0.2) is 0 Å². The molecule has 1 unspecified atom stereocenters. The van der Waals surface area contributed by atoms with Crippen LogP contribution in [0.4, 0.5) is 4.79 Å². The summed E-state index contributed by atoms with van der Waals surface area (Å²) >= 11 is 0. The van der Waals surface area contributed by atoms with Gasteiger partial charge in [0, 0.05) is 13.1 Å². The molecule has 3 N–H and O–H groups in total. The first-order chi connectivity index (χ1) is 10.2. The number of carbonyl (C=O) groups is 1. The largest absolute Gasteiger partial charge is 0.464 e. The highest BCUT2D eigenvalue weighted by molar-refractivity contribution is 7.89. The Morgan fingerprint density at radius 3 is 2.59 bits per heavy atom. The van der Waals surface area contributed by atoms with E-state index in [1.54, 1.807) is 4.90 Å². The number of sulfonamides is 1. The maximum absolute atomic E-state index is 12.2. The van der Waals surface area contributed by atoms with E-state index in [0.29, 0.717) is 25.9 Å². The van der Waals surface area contributed by atoms with Gasteiger partial charge in [-0.05, 0) is 44.7 Å². The van der Waals surface area contributed by atoms with Crippen LogP contribution in [0.5, 0.6) is 0 Å². The van der Waals surface area contributed by atoms with Crippen molar-refractivity contribution in [2.75, 3.05) is 18.8 Å². The summed E-state index contributed by atoms with van der Waals surface area (Å²) in [4.78, 5) is 13.9. The van der Waals surface area contributed by atoms with Crippen LogP contribution in [0.3, 0.4) is 0 Å². The lowest BCUT2D eigenvalue weighted by molar-refractivity contribution is 0.170. The van der Waals surface area contributed by atoms with Crippen LogP contribution in [0.2, 0.25) is 0 Å². The standard InChI is InChI=1S/C14H23N3O4S/c1-10-3-4-13(21-10)11(2)16-14(18)17-7-5-12(6-8-17)9-22(15,19)20/h3-4,11-12H,5-9H2,1-2H3,(H,16,18)(H2,15,19,20). The number of nitrogens with one attached hydrogen (secondary N) is 1. The molecule has 1 aromatic rings. The summed E-state index contributed by atoms with van der Waals surface area (Å²) in [6.07, 6.45) is 1.30. The van der Waals surface area contributed by atoms with Crippen molar-refractivity contribution >= 4 is 16.1 Å². The Bertz CT molecular complexity index is 618. The Balaban J connectivity index is 1.82. The Labute approximate surface area is 130 Å². The van der Waals surface area contributed by atoms with Crippen LogP contribution < -0.4 is 10.5 Å². The minimum absolute atomic E-state index is 0.00939. The molecule has 8 heteroatoms. The lowest BCUT2D eigenvalue weighted by atomic mass is 9.99. The fourth-order valence-corrected chi connectivity index (χ4v) is 3.66. The highest BCUT2D eigenvalue weighted by atomic mass is 32.2. The van der Waals surface area contributed by atoms with Crippen LogP contribution in [0.15, 0.2) is 16.5 Å². The second-order valence-electron chi connectivity index (χ2n) is 5.88. The van der Waals surface area contributed by atoms with Crippen molar-refractivity contribution < 1.29 is 17.6 Å². The molecule has 0 aromatic carbocycles. The third kappa shape index (κ3) is 4.74. The van der Waals surface area contributed by atoms with Crippen molar-refractivity contribution in [1.82, 2.24) is 10.2 Å². The first-order valence-electron chi connectivity index (χ1n) is 7.37. The first kappa shape index (κ1) is 16.8. The maximum Gasteiger partial charge on any atom is 0.317 e. The quantitative estimate of drug-likeness (QED) is 0.870. The van der Waals surface area contributed by atoms with Crippen molar-refractivity contribution in [1.29, 1.82) is 0 Å². The summed E-state index contributed by atoms with van der Waals surface area (Å²) in [5.74, 6) is 1.55. The second-order valence-corrected chi connectivity index (χ2v) is 7.54. The number of hydrogen-bond acceptors (Lipinski definition) is 4. The predicted octanol–water partition coefficient (Wildman–Crippen LogP) is 1.36. The molecule has 0 aliphatic carbocycles. The molecule has 1 aromatic heterocycles. The number of carbonyl (C=O) groups excluding carboxylic acids is 1. The second kappa shape index (κ2) is 6.70. The zero-order valence-electron chi connectivity index (χ0n) is 12.9. The van der Waals surface area contributed by atoms with E-state index in [0.717, 1.165) is 11.5 Å². The molecule has 1 saturated heterocycles. The fraction of sp³-hybridized carbons (Fsp3) is 0.643. The average Bonchev–Trinajstić information content (AvgIpc) is 2.84. The van der Waals surface area contributed by atoms with E-state index < -0.39 is 10.0 Å². The molecule has 1 fully saturated rings. The number of hydrogen-bond donors (Lipinski definition) is 2. The van der Waals surface area contributed by atoms with E-state index in [1.165, 1.54) is 0 Å². The summed E-state index contributed by atoms with van der Waals surface area (Å²) in [6, 6.07) is 3.34. The normalized spacial score (nSPS) is 18.2. The SMILES string of the molecule is Cc1ccc(C(C)NC(=O)N2CCC(CS(N)(=O)=O)CC2)o1. The van der Waals surface area contributed by atoms with Crippen molar-refractivity contribution in [2.45, 2.75) is 32.7 Å². The molecule has 2 heterocycles. The van der Waals surface area contributed by atoms with Gasteiger partial charge in [-0.2, -0.15) is 0 Å². The zero-order chi connectivity index (χ0) is 16.3. The number of likely N-dealkylation sites (tertiary alicyclic amines) is 1. The van der Waals surface area contributed by atoms with E-state index in [9.17, 15) is 13.2 Å². The van der Waals surface area contributed by atoms with Crippen LogP contribution in [-0.2, 0) is 10.0 Å². The van der Waals surface area contributed by atoms with Crippen LogP contribution in [0, 0.1) is 12.8 Å².